The highest BCUT2D eigenvalue weighted by Gasteiger charge is 2.35. The largest absolute Gasteiger partial charge is 0.389 e. The Kier molecular flexibility index (Phi) is 5.90. The topological polar surface area (TPSA) is 149 Å². The summed E-state index contributed by atoms with van der Waals surface area (Å²) in [6, 6.07) is 10.7. The van der Waals surface area contributed by atoms with E-state index in [2.05, 4.69) is 20.3 Å². The molecule has 1 amide bonds. The number of nitrogen functional groups attached to an aromatic ring is 1. The van der Waals surface area contributed by atoms with Crippen LogP contribution in [0, 0.1) is 0 Å². The first kappa shape index (κ1) is 20.9. The minimum Gasteiger partial charge on any atom is -0.389 e. The molecule has 1 saturated heterocycles. The van der Waals surface area contributed by atoms with E-state index >= 15 is 0 Å². The number of rotatable bonds is 4. The molecule has 1 aromatic carbocycles. The Balaban J connectivity index is 1.60. The van der Waals surface area contributed by atoms with Crippen molar-refractivity contribution in [3.05, 3.63) is 66.2 Å². The van der Waals surface area contributed by atoms with Gasteiger partial charge in [-0.25, -0.2) is 9.97 Å². The second-order valence-electron chi connectivity index (χ2n) is 7.49. The first-order valence-corrected chi connectivity index (χ1v) is 9.96. The van der Waals surface area contributed by atoms with Crippen LogP contribution in [0.3, 0.4) is 0 Å². The number of aliphatic hydroxyl groups is 1. The Morgan fingerprint density at radius 2 is 2.00 bits per heavy atom. The third kappa shape index (κ3) is 4.38. The normalized spacial score (nSPS) is 23.3. The van der Waals surface area contributed by atoms with Crippen LogP contribution in [0.2, 0.25) is 0 Å². The monoisotopic (exact) mass is 420 g/mol. The zero-order chi connectivity index (χ0) is 22.0. The molecule has 1 aliphatic rings. The van der Waals surface area contributed by atoms with Gasteiger partial charge in [-0.2, -0.15) is 0 Å². The molecule has 0 spiro atoms. The van der Waals surface area contributed by atoms with Gasteiger partial charge in [0.05, 0.1) is 42.1 Å². The molecule has 0 saturated carbocycles. The summed E-state index contributed by atoms with van der Waals surface area (Å²) in [6.07, 6.45) is 3.50. The summed E-state index contributed by atoms with van der Waals surface area (Å²) in [4.78, 5) is 25.7. The third-order valence-electron chi connectivity index (χ3n) is 5.32. The first-order chi connectivity index (χ1) is 14.9. The number of nitrogens with zero attached hydrogens (tertiary/aromatic N) is 3. The standard InChI is InChI=1S/C22H24N6O3/c1-12-20(29)15(23)9-18(31-12)14-7-8-25-10-17(14)28-22(30)19-21(24)26-11-16(27-19)13-5-3-2-4-6-13/h2-8,10-12,15,18,20,29H,9,23H2,1H3,(H2,24,26)(H,28,30)/t12-,15-,18-,20-/m0/s1. The van der Waals surface area contributed by atoms with Crippen molar-refractivity contribution in [2.45, 2.75) is 37.7 Å². The fourth-order valence-corrected chi connectivity index (χ4v) is 3.62. The van der Waals surface area contributed by atoms with Crippen LogP contribution in [0.25, 0.3) is 11.3 Å². The SMILES string of the molecule is C[C@@H]1O[C@H](c2ccncc2NC(=O)c2nc(-c3ccccc3)cnc2N)C[C@H](N)[C@H]1O. The summed E-state index contributed by atoms with van der Waals surface area (Å²) in [5, 5.41) is 12.9. The number of pyridine rings is 1. The van der Waals surface area contributed by atoms with Gasteiger partial charge in [-0.3, -0.25) is 9.78 Å². The van der Waals surface area contributed by atoms with Crippen LogP contribution >= 0.6 is 0 Å². The smallest absolute Gasteiger partial charge is 0.278 e. The van der Waals surface area contributed by atoms with Crippen molar-refractivity contribution < 1.29 is 14.6 Å². The van der Waals surface area contributed by atoms with Gasteiger partial charge in [-0.15, -0.1) is 0 Å². The van der Waals surface area contributed by atoms with Gasteiger partial charge in [-0.05, 0) is 19.4 Å². The minimum atomic E-state index is -0.744. The maximum Gasteiger partial charge on any atom is 0.278 e. The van der Waals surface area contributed by atoms with Crippen molar-refractivity contribution in [1.82, 2.24) is 15.0 Å². The van der Waals surface area contributed by atoms with E-state index in [4.69, 9.17) is 16.2 Å². The van der Waals surface area contributed by atoms with E-state index in [1.807, 2.05) is 30.3 Å². The summed E-state index contributed by atoms with van der Waals surface area (Å²) in [5.74, 6) is -0.486. The maximum absolute atomic E-state index is 13.0. The molecule has 0 radical (unpaired) electrons. The Morgan fingerprint density at radius 1 is 1.23 bits per heavy atom. The van der Waals surface area contributed by atoms with E-state index in [0.29, 0.717) is 23.4 Å². The molecule has 4 atom stereocenters. The van der Waals surface area contributed by atoms with Crippen LogP contribution in [0.1, 0.15) is 35.5 Å². The summed E-state index contributed by atoms with van der Waals surface area (Å²) >= 11 is 0. The number of hydrogen-bond acceptors (Lipinski definition) is 8. The summed E-state index contributed by atoms with van der Waals surface area (Å²) < 4.78 is 5.92. The number of benzene rings is 1. The highest BCUT2D eigenvalue weighted by molar-refractivity contribution is 6.06. The van der Waals surface area contributed by atoms with Crippen LogP contribution < -0.4 is 16.8 Å². The quantitative estimate of drug-likeness (QED) is 0.500. The van der Waals surface area contributed by atoms with E-state index in [1.165, 1.54) is 12.4 Å². The van der Waals surface area contributed by atoms with Crippen molar-refractivity contribution in [2.75, 3.05) is 11.1 Å². The fraction of sp³-hybridized carbons (Fsp3) is 0.273. The molecular weight excluding hydrogens is 396 g/mol. The van der Waals surface area contributed by atoms with Gasteiger partial charge in [0.2, 0.25) is 0 Å². The van der Waals surface area contributed by atoms with Gasteiger partial charge in [0.15, 0.2) is 11.5 Å². The Labute approximate surface area is 179 Å². The van der Waals surface area contributed by atoms with Gasteiger partial charge < -0.3 is 26.6 Å². The molecule has 6 N–H and O–H groups in total. The summed E-state index contributed by atoms with van der Waals surface area (Å²) in [7, 11) is 0. The molecule has 0 unspecified atom stereocenters. The molecule has 0 aliphatic carbocycles. The average Bonchev–Trinajstić information content (AvgIpc) is 2.78. The van der Waals surface area contributed by atoms with Crippen LogP contribution in [-0.4, -0.2) is 44.2 Å². The van der Waals surface area contributed by atoms with E-state index < -0.39 is 30.3 Å². The Hall–Kier alpha value is -3.40. The van der Waals surface area contributed by atoms with Gasteiger partial charge >= 0.3 is 0 Å². The van der Waals surface area contributed by atoms with Crippen molar-refractivity contribution in [3.8, 4) is 11.3 Å². The number of carbonyl (C=O) groups is 1. The number of aliphatic hydroxyl groups excluding tert-OH is 1. The molecule has 1 fully saturated rings. The number of nitrogens with one attached hydrogen (secondary N) is 1. The summed E-state index contributed by atoms with van der Waals surface area (Å²) in [6.45, 7) is 1.77. The van der Waals surface area contributed by atoms with Crippen molar-refractivity contribution in [2.24, 2.45) is 5.73 Å². The third-order valence-corrected chi connectivity index (χ3v) is 5.32. The molecule has 1 aliphatic heterocycles. The molecule has 9 heteroatoms. The van der Waals surface area contributed by atoms with Crippen molar-refractivity contribution in [3.63, 3.8) is 0 Å². The van der Waals surface area contributed by atoms with Crippen LogP contribution in [-0.2, 0) is 4.74 Å². The van der Waals surface area contributed by atoms with Crippen LogP contribution in [0.4, 0.5) is 11.5 Å². The number of aromatic nitrogens is 3. The zero-order valence-corrected chi connectivity index (χ0v) is 17.0. The fourth-order valence-electron chi connectivity index (χ4n) is 3.62. The number of nitrogens with two attached hydrogens (primary N) is 2. The molecule has 31 heavy (non-hydrogen) atoms. The van der Waals surface area contributed by atoms with Crippen molar-refractivity contribution >= 4 is 17.4 Å². The van der Waals surface area contributed by atoms with E-state index in [9.17, 15) is 9.90 Å². The highest BCUT2D eigenvalue weighted by Crippen LogP contribution is 2.34. The van der Waals surface area contributed by atoms with Gasteiger partial charge in [0.1, 0.15) is 0 Å². The molecule has 160 valence electrons. The molecule has 9 nitrogen and oxygen atoms in total. The van der Waals surface area contributed by atoms with E-state index in [1.54, 1.807) is 19.2 Å². The van der Waals surface area contributed by atoms with Gasteiger partial charge in [0, 0.05) is 23.4 Å². The van der Waals surface area contributed by atoms with Crippen molar-refractivity contribution in [1.29, 1.82) is 0 Å². The Bertz CT molecular complexity index is 1070. The number of anilines is 2. The maximum atomic E-state index is 13.0. The predicted octanol–water partition coefficient (Wildman–Crippen LogP) is 1.91. The molecule has 3 aromatic rings. The van der Waals surface area contributed by atoms with Crippen LogP contribution in [0.5, 0.6) is 0 Å². The second-order valence-corrected chi connectivity index (χ2v) is 7.49. The molecular formula is C22H24N6O3. The van der Waals surface area contributed by atoms with E-state index in [-0.39, 0.29) is 11.5 Å². The lowest BCUT2D eigenvalue weighted by Crippen LogP contribution is -2.48. The number of hydrogen-bond donors (Lipinski definition) is 4. The Morgan fingerprint density at radius 3 is 2.74 bits per heavy atom. The lowest BCUT2D eigenvalue weighted by atomic mass is 9.93. The highest BCUT2D eigenvalue weighted by atomic mass is 16.5. The zero-order valence-electron chi connectivity index (χ0n) is 17.0. The molecule has 0 bridgehead atoms. The number of ether oxygens (including phenoxy) is 1. The molecule has 3 heterocycles. The predicted molar refractivity (Wildman–Crippen MR) is 116 cm³/mol. The van der Waals surface area contributed by atoms with Gasteiger partial charge in [-0.1, -0.05) is 30.3 Å². The van der Waals surface area contributed by atoms with Crippen LogP contribution in [0.15, 0.2) is 55.0 Å². The summed E-state index contributed by atoms with van der Waals surface area (Å²) in [5.41, 5.74) is 14.5. The second kappa shape index (κ2) is 8.76. The molecule has 4 rings (SSSR count). The number of amides is 1. The van der Waals surface area contributed by atoms with Gasteiger partial charge in [0.25, 0.3) is 5.91 Å². The first-order valence-electron chi connectivity index (χ1n) is 9.96. The number of carbonyl (C=O) groups excluding carboxylic acids is 1. The minimum absolute atomic E-state index is 0.0150. The molecule has 2 aromatic heterocycles. The van der Waals surface area contributed by atoms with E-state index in [0.717, 1.165) is 5.56 Å². The average molecular weight is 420 g/mol. The lowest BCUT2D eigenvalue weighted by Gasteiger charge is -2.37. The lowest BCUT2D eigenvalue weighted by molar-refractivity contribution is -0.119.